The van der Waals surface area contributed by atoms with Crippen LogP contribution in [0.2, 0.25) is 0 Å². The maximum atomic E-state index is 11.2. The SMILES string of the molecule is CCSc1cccc(NCC2CCCC2C(=O)O)c1C#N. The van der Waals surface area contributed by atoms with Gasteiger partial charge in [0.05, 0.1) is 17.2 Å². The number of hydrogen-bond acceptors (Lipinski definition) is 4. The number of carboxylic acids is 1. The molecule has 0 amide bonds. The van der Waals surface area contributed by atoms with E-state index in [9.17, 15) is 15.2 Å². The first-order valence-electron chi connectivity index (χ1n) is 7.30. The summed E-state index contributed by atoms with van der Waals surface area (Å²) in [6, 6.07) is 8.04. The molecule has 2 N–H and O–H groups in total. The zero-order valence-electron chi connectivity index (χ0n) is 12.1. The van der Waals surface area contributed by atoms with Gasteiger partial charge < -0.3 is 10.4 Å². The molecule has 21 heavy (non-hydrogen) atoms. The van der Waals surface area contributed by atoms with Crippen LogP contribution >= 0.6 is 11.8 Å². The maximum Gasteiger partial charge on any atom is 0.306 e. The average Bonchev–Trinajstić information content (AvgIpc) is 2.94. The van der Waals surface area contributed by atoms with Crippen molar-refractivity contribution in [2.45, 2.75) is 31.1 Å². The van der Waals surface area contributed by atoms with Crippen molar-refractivity contribution in [1.82, 2.24) is 0 Å². The highest BCUT2D eigenvalue weighted by Crippen LogP contribution is 2.33. The number of anilines is 1. The van der Waals surface area contributed by atoms with E-state index in [0.29, 0.717) is 12.1 Å². The Morgan fingerprint density at radius 1 is 1.52 bits per heavy atom. The minimum absolute atomic E-state index is 0.150. The van der Waals surface area contributed by atoms with Crippen molar-refractivity contribution in [3.63, 3.8) is 0 Å². The topological polar surface area (TPSA) is 73.1 Å². The summed E-state index contributed by atoms with van der Waals surface area (Å²) in [6.45, 7) is 2.67. The summed E-state index contributed by atoms with van der Waals surface area (Å²) >= 11 is 1.65. The third-order valence-corrected chi connectivity index (χ3v) is 4.91. The lowest BCUT2D eigenvalue weighted by Gasteiger charge is -2.18. The molecule has 0 saturated heterocycles. The fourth-order valence-corrected chi connectivity index (χ4v) is 3.70. The minimum Gasteiger partial charge on any atom is -0.481 e. The first kappa shape index (κ1) is 15.7. The highest BCUT2D eigenvalue weighted by atomic mass is 32.2. The number of aliphatic carboxylic acids is 1. The van der Waals surface area contributed by atoms with Crippen LogP contribution in [0.3, 0.4) is 0 Å². The van der Waals surface area contributed by atoms with E-state index in [1.807, 2.05) is 18.2 Å². The monoisotopic (exact) mass is 304 g/mol. The Morgan fingerprint density at radius 2 is 2.33 bits per heavy atom. The number of carbonyl (C=O) groups is 1. The molecular weight excluding hydrogens is 284 g/mol. The lowest BCUT2D eigenvalue weighted by Crippen LogP contribution is -2.24. The average molecular weight is 304 g/mol. The third kappa shape index (κ3) is 3.70. The molecule has 4 nitrogen and oxygen atoms in total. The van der Waals surface area contributed by atoms with Gasteiger partial charge in [-0.25, -0.2) is 0 Å². The van der Waals surface area contributed by atoms with Crippen LogP contribution in [-0.2, 0) is 4.79 Å². The normalized spacial score (nSPS) is 21.0. The van der Waals surface area contributed by atoms with Gasteiger partial charge in [-0.3, -0.25) is 4.79 Å². The number of benzene rings is 1. The summed E-state index contributed by atoms with van der Waals surface area (Å²) in [5, 5.41) is 21.9. The Bertz CT molecular complexity index is 554. The van der Waals surface area contributed by atoms with Crippen molar-refractivity contribution in [2.75, 3.05) is 17.6 Å². The van der Waals surface area contributed by atoms with Gasteiger partial charge in [-0.05, 0) is 36.6 Å². The van der Waals surface area contributed by atoms with Crippen LogP contribution in [0, 0.1) is 23.2 Å². The van der Waals surface area contributed by atoms with Gasteiger partial charge in [0.25, 0.3) is 0 Å². The van der Waals surface area contributed by atoms with E-state index in [-0.39, 0.29) is 11.8 Å². The molecule has 1 aromatic carbocycles. The number of rotatable bonds is 6. The lowest BCUT2D eigenvalue weighted by atomic mass is 9.96. The largest absolute Gasteiger partial charge is 0.481 e. The van der Waals surface area contributed by atoms with Crippen LogP contribution in [0.4, 0.5) is 5.69 Å². The predicted molar refractivity (Wildman–Crippen MR) is 84.5 cm³/mol. The summed E-state index contributed by atoms with van der Waals surface area (Å²) in [6.07, 6.45) is 2.67. The Hall–Kier alpha value is -1.67. The molecule has 2 rings (SSSR count). The van der Waals surface area contributed by atoms with Crippen LogP contribution in [0.1, 0.15) is 31.7 Å². The molecule has 0 bridgehead atoms. The van der Waals surface area contributed by atoms with Crippen LogP contribution in [0.5, 0.6) is 0 Å². The molecule has 0 radical (unpaired) electrons. The maximum absolute atomic E-state index is 11.2. The number of carboxylic acid groups (broad SMARTS) is 1. The Kier molecular flexibility index (Phi) is 5.51. The molecule has 0 heterocycles. The molecule has 0 spiro atoms. The molecule has 0 aromatic heterocycles. The summed E-state index contributed by atoms with van der Waals surface area (Å²) in [5.41, 5.74) is 1.47. The van der Waals surface area contributed by atoms with Gasteiger partial charge >= 0.3 is 5.97 Å². The van der Waals surface area contributed by atoms with E-state index in [1.54, 1.807) is 11.8 Å². The molecule has 0 aliphatic heterocycles. The van der Waals surface area contributed by atoms with Gasteiger partial charge in [0.2, 0.25) is 0 Å². The van der Waals surface area contributed by atoms with Crippen molar-refractivity contribution < 1.29 is 9.90 Å². The van der Waals surface area contributed by atoms with Gasteiger partial charge in [-0.15, -0.1) is 11.8 Å². The van der Waals surface area contributed by atoms with Crippen molar-refractivity contribution in [1.29, 1.82) is 5.26 Å². The first-order chi connectivity index (χ1) is 10.2. The van der Waals surface area contributed by atoms with Crippen molar-refractivity contribution in [3.8, 4) is 6.07 Å². The van der Waals surface area contributed by atoms with E-state index < -0.39 is 5.97 Å². The number of nitriles is 1. The molecule has 112 valence electrons. The summed E-state index contributed by atoms with van der Waals surface area (Å²) in [4.78, 5) is 12.2. The van der Waals surface area contributed by atoms with Crippen molar-refractivity contribution in [2.24, 2.45) is 11.8 Å². The van der Waals surface area contributed by atoms with Gasteiger partial charge in [0, 0.05) is 11.4 Å². The highest BCUT2D eigenvalue weighted by molar-refractivity contribution is 7.99. The Morgan fingerprint density at radius 3 is 3.00 bits per heavy atom. The summed E-state index contributed by atoms with van der Waals surface area (Å²) in [7, 11) is 0. The second kappa shape index (κ2) is 7.37. The van der Waals surface area contributed by atoms with E-state index in [1.165, 1.54) is 0 Å². The second-order valence-corrected chi connectivity index (χ2v) is 6.55. The number of nitrogens with zero attached hydrogens (tertiary/aromatic N) is 1. The van der Waals surface area contributed by atoms with Crippen LogP contribution < -0.4 is 5.32 Å². The van der Waals surface area contributed by atoms with Gasteiger partial charge in [-0.1, -0.05) is 19.4 Å². The second-order valence-electron chi connectivity index (χ2n) is 5.24. The molecule has 2 atom stereocenters. The lowest BCUT2D eigenvalue weighted by molar-refractivity contribution is -0.142. The minimum atomic E-state index is -0.699. The standard InChI is InChI=1S/C16H20N2O2S/c1-2-21-15-8-4-7-14(13(15)9-17)18-10-11-5-3-6-12(11)16(19)20/h4,7-8,11-12,18H,2-3,5-6,10H2,1H3,(H,19,20). The number of hydrogen-bond donors (Lipinski definition) is 2. The zero-order valence-corrected chi connectivity index (χ0v) is 12.9. The van der Waals surface area contributed by atoms with Crippen LogP contribution in [0.25, 0.3) is 0 Å². The molecule has 1 fully saturated rings. The smallest absolute Gasteiger partial charge is 0.306 e. The van der Waals surface area contributed by atoms with Crippen molar-refractivity contribution >= 4 is 23.4 Å². The Labute approximate surface area is 129 Å². The number of nitrogens with one attached hydrogen (secondary N) is 1. The number of thioether (sulfide) groups is 1. The fraction of sp³-hybridized carbons (Fsp3) is 0.500. The molecule has 1 saturated carbocycles. The van der Waals surface area contributed by atoms with Gasteiger partial charge in [0.1, 0.15) is 6.07 Å². The quantitative estimate of drug-likeness (QED) is 0.786. The van der Waals surface area contributed by atoms with E-state index >= 15 is 0 Å². The summed E-state index contributed by atoms with van der Waals surface area (Å²) in [5.74, 6) is 0.116. The van der Waals surface area contributed by atoms with Gasteiger partial charge in [0.15, 0.2) is 0 Å². The molecule has 1 aliphatic rings. The van der Waals surface area contributed by atoms with Crippen LogP contribution in [0.15, 0.2) is 23.1 Å². The molecular formula is C16H20N2O2S. The first-order valence-corrected chi connectivity index (χ1v) is 8.28. The molecule has 1 aliphatic carbocycles. The zero-order chi connectivity index (χ0) is 15.2. The molecule has 2 unspecified atom stereocenters. The van der Waals surface area contributed by atoms with E-state index in [2.05, 4.69) is 18.3 Å². The Balaban J connectivity index is 2.08. The third-order valence-electron chi connectivity index (χ3n) is 3.97. The summed E-state index contributed by atoms with van der Waals surface area (Å²) < 4.78 is 0. The van der Waals surface area contributed by atoms with E-state index in [4.69, 9.17) is 0 Å². The van der Waals surface area contributed by atoms with Crippen molar-refractivity contribution in [3.05, 3.63) is 23.8 Å². The predicted octanol–water partition coefficient (Wildman–Crippen LogP) is 3.58. The van der Waals surface area contributed by atoms with Gasteiger partial charge in [-0.2, -0.15) is 5.26 Å². The molecule has 5 heteroatoms. The fourth-order valence-electron chi connectivity index (χ4n) is 2.92. The van der Waals surface area contributed by atoms with Crippen LogP contribution in [-0.4, -0.2) is 23.4 Å². The van der Waals surface area contributed by atoms with E-state index in [0.717, 1.165) is 35.6 Å². The molecule has 1 aromatic rings. The highest BCUT2D eigenvalue weighted by Gasteiger charge is 2.32.